The van der Waals surface area contributed by atoms with E-state index in [0.29, 0.717) is 20.8 Å². The molecule has 1 heterocycles. The molecule has 7 heteroatoms. The van der Waals surface area contributed by atoms with Gasteiger partial charge in [0.15, 0.2) is 0 Å². The second-order valence-corrected chi connectivity index (χ2v) is 4.61. The maximum absolute atomic E-state index is 9.14. The molecule has 0 aliphatic carbocycles. The van der Waals surface area contributed by atoms with Crippen molar-refractivity contribution < 1.29 is 10.2 Å². The molecule has 0 saturated carbocycles. The molecule has 1 aromatic heterocycles. The summed E-state index contributed by atoms with van der Waals surface area (Å²) in [6, 6.07) is 1.50. The largest absolute Gasteiger partial charge is 0.394 e. The fourth-order valence-corrected chi connectivity index (χ4v) is 2.13. The fraction of sp³-hybridized carbons (Fsp3) is 0.375. The van der Waals surface area contributed by atoms with Crippen molar-refractivity contribution in [2.75, 3.05) is 18.1 Å². The SMILES string of the molecule is Nc1nc(SCC(O)CO)c(Cl)cc1Cl. The summed E-state index contributed by atoms with van der Waals surface area (Å²) in [6.45, 7) is -0.298. The lowest BCUT2D eigenvalue weighted by Crippen LogP contribution is -2.14. The molecule has 0 bridgehead atoms. The first-order valence-electron chi connectivity index (χ1n) is 4.07. The molecular weight excluding hydrogens is 259 g/mol. The molecule has 0 spiro atoms. The van der Waals surface area contributed by atoms with E-state index in [1.807, 2.05) is 0 Å². The number of nitrogens with two attached hydrogens (primary N) is 1. The van der Waals surface area contributed by atoms with Crippen molar-refractivity contribution in [1.82, 2.24) is 4.98 Å². The molecule has 0 aliphatic rings. The Hall–Kier alpha value is -0.200. The van der Waals surface area contributed by atoms with Crippen LogP contribution in [0, 0.1) is 0 Å². The zero-order valence-electron chi connectivity index (χ0n) is 7.65. The van der Waals surface area contributed by atoms with Gasteiger partial charge in [-0.15, -0.1) is 11.8 Å². The van der Waals surface area contributed by atoms with Crippen LogP contribution < -0.4 is 5.73 Å². The van der Waals surface area contributed by atoms with Crippen molar-refractivity contribution in [3.05, 3.63) is 16.1 Å². The number of aliphatic hydroxyl groups excluding tert-OH is 2. The smallest absolute Gasteiger partial charge is 0.143 e. The topological polar surface area (TPSA) is 79.4 Å². The number of anilines is 1. The first-order valence-corrected chi connectivity index (χ1v) is 5.82. The van der Waals surface area contributed by atoms with Gasteiger partial charge in [0.05, 0.1) is 22.8 Å². The highest BCUT2D eigenvalue weighted by atomic mass is 35.5. The number of aromatic nitrogens is 1. The van der Waals surface area contributed by atoms with Crippen molar-refractivity contribution >= 4 is 40.8 Å². The molecule has 84 valence electrons. The molecule has 0 saturated heterocycles. The molecule has 0 aromatic carbocycles. The molecule has 1 atom stereocenters. The molecule has 4 nitrogen and oxygen atoms in total. The Bertz CT molecular complexity index is 352. The summed E-state index contributed by atoms with van der Waals surface area (Å²) in [5.74, 6) is 0.492. The Labute approximate surface area is 101 Å². The van der Waals surface area contributed by atoms with E-state index in [9.17, 15) is 0 Å². The summed E-state index contributed by atoms with van der Waals surface area (Å²) < 4.78 is 0. The highest BCUT2D eigenvalue weighted by Crippen LogP contribution is 2.30. The molecule has 0 amide bonds. The van der Waals surface area contributed by atoms with Gasteiger partial charge in [-0.2, -0.15) is 0 Å². The number of rotatable bonds is 4. The lowest BCUT2D eigenvalue weighted by Gasteiger charge is -2.08. The number of aliphatic hydroxyl groups is 2. The molecule has 1 aromatic rings. The van der Waals surface area contributed by atoms with Crippen molar-refractivity contribution in [3.8, 4) is 0 Å². The summed E-state index contributed by atoms with van der Waals surface area (Å²) in [7, 11) is 0. The Balaban J connectivity index is 2.73. The van der Waals surface area contributed by atoms with E-state index in [1.54, 1.807) is 0 Å². The summed E-state index contributed by atoms with van der Waals surface area (Å²) in [6.07, 6.45) is -0.801. The van der Waals surface area contributed by atoms with Crippen LogP contribution in [0.25, 0.3) is 0 Å². The number of nitrogen functional groups attached to an aromatic ring is 1. The minimum atomic E-state index is -0.801. The van der Waals surface area contributed by atoms with Crippen molar-refractivity contribution in [3.63, 3.8) is 0 Å². The predicted molar refractivity (Wildman–Crippen MR) is 62.5 cm³/mol. The van der Waals surface area contributed by atoms with Gasteiger partial charge < -0.3 is 15.9 Å². The van der Waals surface area contributed by atoms with Crippen molar-refractivity contribution in [2.45, 2.75) is 11.1 Å². The summed E-state index contributed by atoms with van der Waals surface area (Å²) >= 11 is 12.8. The van der Waals surface area contributed by atoms with Gasteiger partial charge in [0.25, 0.3) is 0 Å². The normalized spacial score (nSPS) is 12.8. The highest BCUT2D eigenvalue weighted by molar-refractivity contribution is 7.99. The van der Waals surface area contributed by atoms with Crippen LogP contribution in [-0.2, 0) is 0 Å². The predicted octanol–water partition coefficient (Wildman–Crippen LogP) is 1.42. The number of thioether (sulfide) groups is 1. The minimum absolute atomic E-state index is 0.196. The average molecular weight is 269 g/mol. The number of halogens is 2. The van der Waals surface area contributed by atoms with Crippen LogP contribution >= 0.6 is 35.0 Å². The molecular formula is C8H10Cl2N2O2S. The standard InChI is InChI=1S/C8H10Cl2N2O2S/c9-5-1-6(10)8(12-7(5)11)15-3-4(14)2-13/h1,4,13-14H,2-3H2,(H2,11,12). The zero-order valence-corrected chi connectivity index (χ0v) is 9.98. The molecule has 0 radical (unpaired) electrons. The van der Waals surface area contributed by atoms with E-state index < -0.39 is 6.10 Å². The average Bonchev–Trinajstić information content (AvgIpc) is 2.21. The third kappa shape index (κ3) is 3.70. The van der Waals surface area contributed by atoms with Gasteiger partial charge in [0, 0.05) is 5.75 Å². The number of hydrogen-bond donors (Lipinski definition) is 3. The maximum Gasteiger partial charge on any atom is 0.143 e. The van der Waals surface area contributed by atoms with Gasteiger partial charge in [0.2, 0.25) is 0 Å². The van der Waals surface area contributed by atoms with E-state index in [0.717, 1.165) is 0 Å². The van der Waals surface area contributed by atoms with Crippen molar-refractivity contribution in [2.24, 2.45) is 0 Å². The molecule has 15 heavy (non-hydrogen) atoms. The van der Waals surface area contributed by atoms with Gasteiger partial charge in [-0.3, -0.25) is 0 Å². The number of nitrogens with zero attached hydrogens (tertiary/aromatic N) is 1. The highest BCUT2D eigenvalue weighted by Gasteiger charge is 2.10. The fourth-order valence-electron chi connectivity index (χ4n) is 0.792. The second-order valence-electron chi connectivity index (χ2n) is 2.79. The molecule has 0 fully saturated rings. The summed E-state index contributed by atoms with van der Waals surface area (Å²) in [5.41, 5.74) is 5.50. The van der Waals surface area contributed by atoms with Gasteiger partial charge in [-0.1, -0.05) is 23.2 Å². The first kappa shape index (κ1) is 12.9. The van der Waals surface area contributed by atoms with Crippen LogP contribution in [0.15, 0.2) is 11.1 Å². The number of hydrogen-bond acceptors (Lipinski definition) is 5. The van der Waals surface area contributed by atoms with Gasteiger partial charge in [0.1, 0.15) is 10.8 Å². The Kier molecular flexibility index (Phi) is 4.95. The van der Waals surface area contributed by atoms with E-state index in [2.05, 4.69) is 4.98 Å². The Morgan fingerprint density at radius 3 is 2.73 bits per heavy atom. The molecule has 4 N–H and O–H groups in total. The zero-order chi connectivity index (χ0) is 11.4. The monoisotopic (exact) mass is 268 g/mol. The third-order valence-electron chi connectivity index (χ3n) is 1.55. The van der Waals surface area contributed by atoms with Crippen LogP contribution in [0.4, 0.5) is 5.82 Å². The molecule has 1 rings (SSSR count). The minimum Gasteiger partial charge on any atom is -0.394 e. The van der Waals surface area contributed by atoms with Crippen LogP contribution in [0.2, 0.25) is 10.0 Å². The van der Waals surface area contributed by atoms with Gasteiger partial charge in [-0.05, 0) is 6.07 Å². The third-order valence-corrected chi connectivity index (χ3v) is 3.39. The van der Waals surface area contributed by atoms with E-state index in [-0.39, 0.29) is 12.4 Å². The maximum atomic E-state index is 9.14. The molecule has 1 unspecified atom stereocenters. The van der Waals surface area contributed by atoms with E-state index in [4.69, 9.17) is 39.1 Å². The molecule has 0 aliphatic heterocycles. The van der Waals surface area contributed by atoms with E-state index >= 15 is 0 Å². The van der Waals surface area contributed by atoms with Crippen LogP contribution in [0.3, 0.4) is 0 Å². The quantitative estimate of drug-likeness (QED) is 0.720. The van der Waals surface area contributed by atoms with Gasteiger partial charge in [-0.25, -0.2) is 4.98 Å². The Morgan fingerprint density at radius 2 is 2.13 bits per heavy atom. The Morgan fingerprint density at radius 1 is 1.47 bits per heavy atom. The van der Waals surface area contributed by atoms with Crippen LogP contribution in [0.5, 0.6) is 0 Å². The summed E-state index contributed by atoms with van der Waals surface area (Å²) in [5, 5.41) is 18.9. The second kappa shape index (κ2) is 5.77. The van der Waals surface area contributed by atoms with E-state index in [1.165, 1.54) is 17.8 Å². The lowest BCUT2D eigenvalue weighted by molar-refractivity contribution is 0.113. The van der Waals surface area contributed by atoms with Crippen molar-refractivity contribution in [1.29, 1.82) is 0 Å². The number of pyridine rings is 1. The van der Waals surface area contributed by atoms with Crippen LogP contribution in [-0.4, -0.2) is 33.7 Å². The van der Waals surface area contributed by atoms with Gasteiger partial charge >= 0.3 is 0 Å². The lowest BCUT2D eigenvalue weighted by atomic mass is 10.4. The first-order chi connectivity index (χ1) is 7.04. The van der Waals surface area contributed by atoms with Crippen LogP contribution in [0.1, 0.15) is 0 Å². The summed E-state index contributed by atoms with van der Waals surface area (Å²) in [4.78, 5) is 3.96.